The van der Waals surface area contributed by atoms with Crippen LogP contribution in [0.25, 0.3) is 10.4 Å². The lowest BCUT2D eigenvalue weighted by molar-refractivity contribution is 0.0971. The van der Waals surface area contributed by atoms with E-state index in [4.69, 9.17) is 4.74 Å². The highest BCUT2D eigenvalue weighted by molar-refractivity contribution is 7.15. The van der Waals surface area contributed by atoms with Crippen molar-refractivity contribution in [2.45, 2.75) is 25.4 Å². The molecule has 0 radical (unpaired) electrons. The smallest absolute Gasteiger partial charge is 0.131 e. The van der Waals surface area contributed by atoms with Gasteiger partial charge in [0.2, 0.25) is 0 Å². The third-order valence-electron chi connectivity index (χ3n) is 3.62. The third-order valence-corrected chi connectivity index (χ3v) is 4.74. The van der Waals surface area contributed by atoms with Crippen molar-refractivity contribution >= 4 is 11.3 Å². The highest BCUT2D eigenvalue weighted by Crippen LogP contribution is 2.30. The molecule has 0 bridgehead atoms. The fraction of sp³-hybridized carbons (Fsp3) is 0.412. The Labute approximate surface area is 134 Å². The van der Waals surface area contributed by atoms with Crippen molar-refractivity contribution in [2.75, 3.05) is 20.3 Å². The average Bonchev–Trinajstić information content (AvgIpc) is 2.95. The molecule has 0 aliphatic rings. The second-order valence-corrected chi connectivity index (χ2v) is 6.73. The first-order valence-corrected chi connectivity index (χ1v) is 8.08. The van der Waals surface area contributed by atoms with Crippen LogP contribution in [0.5, 0.6) is 0 Å². The molecule has 0 aliphatic heterocycles. The van der Waals surface area contributed by atoms with Crippen LogP contribution < -0.4 is 5.32 Å². The molecule has 0 saturated heterocycles. The highest BCUT2D eigenvalue weighted by Gasteiger charge is 2.23. The Balaban J connectivity index is 2.05. The van der Waals surface area contributed by atoms with Crippen molar-refractivity contribution < 1.29 is 14.2 Å². The summed E-state index contributed by atoms with van der Waals surface area (Å²) < 4.78 is 19.0. The molecule has 1 aromatic carbocycles. The highest BCUT2D eigenvalue weighted by atomic mass is 32.1. The van der Waals surface area contributed by atoms with Gasteiger partial charge in [-0.15, -0.1) is 11.3 Å². The van der Waals surface area contributed by atoms with Crippen LogP contribution in [0.1, 0.15) is 18.2 Å². The zero-order valence-electron chi connectivity index (χ0n) is 12.9. The Kier molecular flexibility index (Phi) is 6.08. The molecule has 2 aromatic rings. The molecule has 0 fully saturated rings. The van der Waals surface area contributed by atoms with Gasteiger partial charge in [0.05, 0.1) is 6.61 Å². The maximum absolute atomic E-state index is 13.8. The van der Waals surface area contributed by atoms with Gasteiger partial charge in [0.25, 0.3) is 0 Å². The van der Waals surface area contributed by atoms with Gasteiger partial charge in [-0.2, -0.15) is 0 Å². The first-order valence-electron chi connectivity index (χ1n) is 7.26. The molecule has 0 spiro atoms. The van der Waals surface area contributed by atoms with E-state index < -0.39 is 0 Å². The molecule has 2 rings (SSSR count). The van der Waals surface area contributed by atoms with E-state index in [1.807, 2.05) is 25.1 Å². The van der Waals surface area contributed by atoms with Crippen LogP contribution in [0.3, 0.4) is 0 Å². The Hall–Kier alpha value is -1.27. The Morgan fingerprint density at radius 1 is 1.27 bits per heavy atom. The minimum absolute atomic E-state index is 0.109. The van der Waals surface area contributed by atoms with E-state index >= 15 is 0 Å². The summed E-state index contributed by atoms with van der Waals surface area (Å²) in [4.78, 5) is 2.05. The van der Waals surface area contributed by atoms with E-state index in [9.17, 15) is 9.50 Å². The molecule has 1 heterocycles. The summed E-state index contributed by atoms with van der Waals surface area (Å²) in [6.45, 7) is 3.33. The molecule has 1 aromatic heterocycles. The van der Waals surface area contributed by atoms with E-state index in [1.165, 1.54) is 6.07 Å². The third kappa shape index (κ3) is 4.36. The van der Waals surface area contributed by atoms with E-state index in [-0.39, 0.29) is 18.0 Å². The number of methoxy groups -OCH3 is 1. The second-order valence-electron chi connectivity index (χ2n) is 5.57. The summed E-state index contributed by atoms with van der Waals surface area (Å²) in [6, 6.07) is 10.8. The predicted octanol–water partition coefficient (Wildman–Crippen LogP) is 3.43. The van der Waals surface area contributed by atoms with Gasteiger partial charge in [-0.05, 0) is 31.5 Å². The molecule has 22 heavy (non-hydrogen) atoms. The topological polar surface area (TPSA) is 41.5 Å². The summed E-state index contributed by atoms with van der Waals surface area (Å²) in [5, 5.41) is 12.6. The summed E-state index contributed by atoms with van der Waals surface area (Å²) in [5.74, 6) is -0.201. The van der Waals surface area contributed by atoms with Crippen molar-refractivity contribution in [3.05, 3.63) is 47.1 Å². The quantitative estimate of drug-likeness (QED) is 0.782. The second kappa shape index (κ2) is 7.83. The largest absolute Gasteiger partial charge is 0.396 e. The Morgan fingerprint density at radius 3 is 2.73 bits per heavy atom. The number of hydrogen-bond donors (Lipinski definition) is 2. The number of ether oxygens (including phenoxy) is 1. The monoisotopic (exact) mass is 323 g/mol. The Morgan fingerprint density at radius 2 is 2.05 bits per heavy atom. The molecule has 0 saturated carbocycles. The first kappa shape index (κ1) is 17.1. The minimum Gasteiger partial charge on any atom is -0.396 e. The average molecular weight is 323 g/mol. The van der Waals surface area contributed by atoms with Gasteiger partial charge >= 0.3 is 0 Å². The summed E-state index contributed by atoms with van der Waals surface area (Å²) in [7, 11) is 1.65. The van der Waals surface area contributed by atoms with Crippen LogP contribution in [0.2, 0.25) is 0 Å². The van der Waals surface area contributed by atoms with E-state index in [2.05, 4.69) is 5.32 Å². The van der Waals surface area contributed by atoms with Crippen LogP contribution >= 0.6 is 11.3 Å². The molecule has 5 heteroatoms. The maximum Gasteiger partial charge on any atom is 0.131 e. The van der Waals surface area contributed by atoms with E-state index in [1.54, 1.807) is 30.6 Å². The molecule has 3 nitrogen and oxygen atoms in total. The maximum atomic E-state index is 13.8. The molecular formula is C17H22FNO2S. The van der Waals surface area contributed by atoms with Crippen LogP contribution in [0, 0.1) is 5.82 Å². The van der Waals surface area contributed by atoms with Crippen molar-refractivity contribution in [3.63, 3.8) is 0 Å². The van der Waals surface area contributed by atoms with E-state index in [0.29, 0.717) is 25.1 Å². The lowest BCUT2D eigenvalue weighted by Crippen LogP contribution is -2.46. The number of rotatable bonds is 8. The molecule has 1 atom stereocenters. The molecule has 1 unspecified atom stereocenters. The zero-order chi connectivity index (χ0) is 16.0. The summed E-state index contributed by atoms with van der Waals surface area (Å²) >= 11 is 1.57. The van der Waals surface area contributed by atoms with Crippen LogP contribution in [-0.4, -0.2) is 31.0 Å². The number of hydrogen-bond acceptors (Lipinski definition) is 4. The van der Waals surface area contributed by atoms with E-state index in [0.717, 1.165) is 9.75 Å². The van der Waals surface area contributed by atoms with Crippen molar-refractivity contribution in [2.24, 2.45) is 0 Å². The normalized spacial score (nSPS) is 14.0. The summed E-state index contributed by atoms with van der Waals surface area (Å²) in [5.41, 5.74) is 0.361. The van der Waals surface area contributed by atoms with Gasteiger partial charge < -0.3 is 15.2 Å². The lowest BCUT2D eigenvalue weighted by Gasteiger charge is -2.29. The standard InChI is InChI=1S/C17H22FNO2S/c1-17(9-10-20,12-21-2)19-11-13-7-8-16(22-13)14-5-3-4-6-15(14)18/h3-8,19-20H,9-12H2,1-2H3. The number of benzene rings is 1. The number of nitrogens with one attached hydrogen (secondary N) is 1. The number of thiophene rings is 1. The molecule has 0 amide bonds. The fourth-order valence-corrected chi connectivity index (χ4v) is 3.33. The minimum atomic E-state index is -0.272. The zero-order valence-corrected chi connectivity index (χ0v) is 13.8. The van der Waals surface area contributed by atoms with Crippen molar-refractivity contribution in [1.82, 2.24) is 5.32 Å². The van der Waals surface area contributed by atoms with Gasteiger partial charge in [0.1, 0.15) is 5.82 Å². The predicted molar refractivity (Wildman–Crippen MR) is 88.5 cm³/mol. The van der Waals surface area contributed by atoms with Gasteiger partial charge in [0.15, 0.2) is 0 Å². The van der Waals surface area contributed by atoms with Crippen LogP contribution in [0.4, 0.5) is 4.39 Å². The first-order chi connectivity index (χ1) is 10.6. The van der Waals surface area contributed by atoms with Crippen molar-refractivity contribution in [3.8, 4) is 10.4 Å². The molecule has 2 N–H and O–H groups in total. The van der Waals surface area contributed by atoms with Crippen LogP contribution in [-0.2, 0) is 11.3 Å². The lowest BCUT2D eigenvalue weighted by atomic mass is 9.99. The SMILES string of the molecule is COCC(C)(CCO)NCc1ccc(-c2ccccc2F)s1. The van der Waals surface area contributed by atoms with Gasteiger partial charge in [-0.25, -0.2) is 4.39 Å². The van der Waals surface area contributed by atoms with Gasteiger partial charge in [0, 0.05) is 41.1 Å². The van der Waals surface area contributed by atoms with Gasteiger partial charge in [-0.1, -0.05) is 18.2 Å². The number of aliphatic hydroxyl groups excluding tert-OH is 1. The molecule has 0 aliphatic carbocycles. The summed E-state index contributed by atoms with van der Waals surface area (Å²) in [6.07, 6.45) is 0.617. The fourth-order valence-electron chi connectivity index (χ4n) is 2.36. The van der Waals surface area contributed by atoms with Crippen molar-refractivity contribution in [1.29, 1.82) is 0 Å². The number of halogens is 1. The number of aliphatic hydroxyl groups is 1. The van der Waals surface area contributed by atoms with Crippen LogP contribution in [0.15, 0.2) is 36.4 Å². The molecular weight excluding hydrogens is 301 g/mol. The molecule has 120 valence electrons. The Bertz CT molecular complexity index is 594. The van der Waals surface area contributed by atoms with Gasteiger partial charge in [-0.3, -0.25) is 0 Å².